The Kier molecular flexibility index (Phi) is 1.99. The Balaban J connectivity index is 2.31. The number of hydrogen-bond donors (Lipinski definition) is 2. The van der Waals surface area contributed by atoms with Gasteiger partial charge in [0.05, 0.1) is 6.04 Å². The maximum atomic E-state index is 12.8. The minimum absolute atomic E-state index is 0.0535. The molecule has 1 heterocycles. The van der Waals surface area contributed by atoms with Crippen LogP contribution < -0.4 is 5.32 Å². The van der Waals surface area contributed by atoms with Crippen LogP contribution in [0.5, 0.6) is 5.75 Å². The Morgan fingerprint density at radius 2 is 2.36 bits per heavy atom. The molecule has 0 radical (unpaired) electrons. The molecule has 74 valence electrons. The number of alkyl carbamates (subject to hydrolysis) is 1. The van der Waals surface area contributed by atoms with Crippen LogP contribution in [-0.4, -0.2) is 17.8 Å². The van der Waals surface area contributed by atoms with E-state index in [0.717, 1.165) is 6.07 Å². The Hall–Kier alpha value is -1.78. The molecule has 0 bridgehead atoms. The summed E-state index contributed by atoms with van der Waals surface area (Å²) in [6, 6.07) is 3.10. The van der Waals surface area contributed by atoms with E-state index in [1.807, 2.05) is 0 Å². The highest BCUT2D eigenvalue weighted by Gasteiger charge is 2.26. The smallest absolute Gasteiger partial charge is 0.407 e. The van der Waals surface area contributed by atoms with Crippen LogP contribution >= 0.6 is 0 Å². The van der Waals surface area contributed by atoms with Crippen molar-refractivity contribution in [2.45, 2.75) is 6.04 Å². The molecule has 1 unspecified atom stereocenters. The number of benzene rings is 1. The van der Waals surface area contributed by atoms with Crippen LogP contribution in [0.15, 0.2) is 18.2 Å². The van der Waals surface area contributed by atoms with E-state index >= 15 is 0 Å². The number of cyclic esters (lactones) is 1. The third-order valence-electron chi connectivity index (χ3n) is 2.04. The summed E-state index contributed by atoms with van der Waals surface area (Å²) in [4.78, 5) is 10.7. The number of carbonyl (C=O) groups excluding carboxylic acids is 1. The average molecular weight is 197 g/mol. The second kappa shape index (κ2) is 3.17. The molecule has 4 nitrogen and oxygen atoms in total. The molecule has 1 atom stereocenters. The number of aromatic hydroxyl groups is 1. The van der Waals surface area contributed by atoms with Gasteiger partial charge in [0.2, 0.25) is 0 Å². The predicted molar refractivity (Wildman–Crippen MR) is 45.3 cm³/mol. The van der Waals surface area contributed by atoms with Gasteiger partial charge >= 0.3 is 6.09 Å². The van der Waals surface area contributed by atoms with Gasteiger partial charge in [-0.1, -0.05) is 0 Å². The van der Waals surface area contributed by atoms with Crippen molar-refractivity contribution in [1.82, 2.24) is 5.32 Å². The van der Waals surface area contributed by atoms with Crippen LogP contribution in [-0.2, 0) is 4.74 Å². The average Bonchev–Trinajstić information content (AvgIpc) is 2.56. The van der Waals surface area contributed by atoms with Crippen LogP contribution in [0.4, 0.5) is 9.18 Å². The van der Waals surface area contributed by atoms with Crippen LogP contribution in [0, 0.1) is 5.82 Å². The molecule has 1 aliphatic rings. The highest BCUT2D eigenvalue weighted by Crippen LogP contribution is 2.27. The van der Waals surface area contributed by atoms with E-state index in [9.17, 15) is 14.3 Å². The largest absolute Gasteiger partial charge is 0.508 e. The zero-order chi connectivity index (χ0) is 10.1. The van der Waals surface area contributed by atoms with Gasteiger partial charge < -0.3 is 15.2 Å². The molecule has 2 N–H and O–H groups in total. The predicted octanol–water partition coefficient (Wildman–Crippen LogP) is 1.31. The molecule has 14 heavy (non-hydrogen) atoms. The van der Waals surface area contributed by atoms with Crippen molar-refractivity contribution in [3.05, 3.63) is 29.6 Å². The lowest BCUT2D eigenvalue weighted by atomic mass is 10.1. The van der Waals surface area contributed by atoms with Crippen molar-refractivity contribution in [3.63, 3.8) is 0 Å². The van der Waals surface area contributed by atoms with Gasteiger partial charge in [-0.3, -0.25) is 0 Å². The summed E-state index contributed by atoms with van der Waals surface area (Å²) < 4.78 is 17.5. The minimum atomic E-state index is -0.557. The SMILES string of the molecule is O=C1NC(c2cc(F)ccc2O)CO1. The zero-order valence-electron chi connectivity index (χ0n) is 7.16. The third kappa shape index (κ3) is 1.48. The van der Waals surface area contributed by atoms with E-state index in [4.69, 9.17) is 0 Å². The molecular formula is C9H8FNO3. The molecule has 5 heteroatoms. The highest BCUT2D eigenvalue weighted by atomic mass is 19.1. The Labute approximate surface area is 79.3 Å². The topological polar surface area (TPSA) is 58.6 Å². The fourth-order valence-corrected chi connectivity index (χ4v) is 1.36. The first-order valence-corrected chi connectivity index (χ1v) is 4.08. The number of rotatable bonds is 1. The number of ether oxygens (including phenoxy) is 1. The summed E-state index contributed by atoms with van der Waals surface area (Å²) in [5.74, 6) is -0.513. The molecule has 1 aromatic carbocycles. The molecule has 1 saturated heterocycles. The van der Waals surface area contributed by atoms with E-state index in [0.29, 0.717) is 5.56 Å². The third-order valence-corrected chi connectivity index (χ3v) is 2.04. The molecule has 1 amide bonds. The summed E-state index contributed by atoms with van der Waals surface area (Å²) in [6.07, 6.45) is -0.557. The van der Waals surface area contributed by atoms with E-state index < -0.39 is 18.0 Å². The molecule has 1 aliphatic heterocycles. The van der Waals surface area contributed by atoms with Gasteiger partial charge in [0.15, 0.2) is 0 Å². The Morgan fingerprint density at radius 3 is 3.00 bits per heavy atom. The van der Waals surface area contributed by atoms with Crippen LogP contribution in [0.1, 0.15) is 11.6 Å². The van der Waals surface area contributed by atoms with Crippen molar-refractivity contribution in [2.75, 3.05) is 6.61 Å². The number of phenols is 1. The number of halogens is 1. The normalized spacial score (nSPS) is 20.4. The van der Waals surface area contributed by atoms with Gasteiger partial charge in [0, 0.05) is 5.56 Å². The van der Waals surface area contributed by atoms with Gasteiger partial charge in [0.25, 0.3) is 0 Å². The highest BCUT2D eigenvalue weighted by molar-refractivity contribution is 5.70. The first-order chi connectivity index (χ1) is 6.66. The number of amides is 1. The fourth-order valence-electron chi connectivity index (χ4n) is 1.36. The summed E-state index contributed by atoms with van der Waals surface area (Å²) in [7, 11) is 0. The minimum Gasteiger partial charge on any atom is -0.508 e. The first kappa shape index (κ1) is 8.80. The molecule has 1 aromatic rings. The summed E-state index contributed by atoms with van der Waals surface area (Å²) in [5, 5.41) is 11.9. The van der Waals surface area contributed by atoms with E-state index in [-0.39, 0.29) is 12.4 Å². The van der Waals surface area contributed by atoms with Crippen molar-refractivity contribution < 1.29 is 19.0 Å². The van der Waals surface area contributed by atoms with Crippen LogP contribution in [0.3, 0.4) is 0 Å². The lowest BCUT2D eigenvalue weighted by Crippen LogP contribution is -2.18. The van der Waals surface area contributed by atoms with Crippen molar-refractivity contribution in [1.29, 1.82) is 0 Å². The van der Waals surface area contributed by atoms with Crippen LogP contribution in [0.25, 0.3) is 0 Å². The van der Waals surface area contributed by atoms with Crippen LogP contribution in [0.2, 0.25) is 0 Å². The molecule has 0 spiro atoms. The maximum absolute atomic E-state index is 12.8. The molecule has 1 fully saturated rings. The summed E-state index contributed by atoms with van der Waals surface area (Å²) in [6.45, 7) is 0.107. The summed E-state index contributed by atoms with van der Waals surface area (Å²) in [5.41, 5.74) is 0.329. The second-order valence-electron chi connectivity index (χ2n) is 3.00. The Bertz CT molecular complexity index is 380. The van der Waals surface area contributed by atoms with Gasteiger partial charge in [-0.15, -0.1) is 0 Å². The van der Waals surface area contributed by atoms with Crippen molar-refractivity contribution in [2.24, 2.45) is 0 Å². The first-order valence-electron chi connectivity index (χ1n) is 4.08. The lowest BCUT2D eigenvalue weighted by Gasteiger charge is -2.09. The number of carbonyl (C=O) groups is 1. The van der Waals surface area contributed by atoms with E-state index in [1.54, 1.807) is 0 Å². The number of hydrogen-bond acceptors (Lipinski definition) is 3. The van der Waals surface area contributed by atoms with Crippen molar-refractivity contribution in [3.8, 4) is 5.75 Å². The second-order valence-corrected chi connectivity index (χ2v) is 3.00. The fraction of sp³-hybridized carbons (Fsp3) is 0.222. The maximum Gasteiger partial charge on any atom is 0.407 e. The standard InChI is InChI=1S/C9H8FNO3/c10-5-1-2-8(12)6(3-5)7-4-14-9(13)11-7/h1-3,7,12H,4H2,(H,11,13). The van der Waals surface area contributed by atoms with Gasteiger partial charge in [-0.2, -0.15) is 0 Å². The molecule has 2 rings (SSSR count). The Morgan fingerprint density at radius 1 is 1.57 bits per heavy atom. The number of nitrogens with one attached hydrogen (secondary N) is 1. The molecule has 0 aromatic heterocycles. The summed E-state index contributed by atoms with van der Waals surface area (Å²) >= 11 is 0. The van der Waals surface area contributed by atoms with E-state index in [1.165, 1.54) is 12.1 Å². The number of phenolic OH excluding ortho intramolecular Hbond substituents is 1. The quantitative estimate of drug-likeness (QED) is 0.713. The van der Waals surface area contributed by atoms with E-state index in [2.05, 4.69) is 10.1 Å². The van der Waals surface area contributed by atoms with Gasteiger partial charge in [-0.25, -0.2) is 9.18 Å². The molecular weight excluding hydrogens is 189 g/mol. The molecule has 0 saturated carbocycles. The van der Waals surface area contributed by atoms with Gasteiger partial charge in [-0.05, 0) is 18.2 Å². The van der Waals surface area contributed by atoms with Crippen molar-refractivity contribution >= 4 is 6.09 Å². The monoisotopic (exact) mass is 197 g/mol. The van der Waals surface area contributed by atoms with Gasteiger partial charge in [0.1, 0.15) is 18.2 Å². The zero-order valence-corrected chi connectivity index (χ0v) is 7.16. The lowest BCUT2D eigenvalue weighted by molar-refractivity contribution is 0.177. The molecule has 0 aliphatic carbocycles.